The third kappa shape index (κ3) is 3.97. The van der Waals surface area contributed by atoms with Crippen LogP contribution in [0.1, 0.15) is 5.69 Å². The number of carbonyl (C=O) groups excluding carboxylic acids is 1. The van der Waals surface area contributed by atoms with Gasteiger partial charge in [-0.1, -0.05) is 6.07 Å². The van der Waals surface area contributed by atoms with Crippen molar-refractivity contribution in [2.45, 2.75) is 11.8 Å². The quantitative estimate of drug-likeness (QED) is 0.869. The first kappa shape index (κ1) is 16.6. The Labute approximate surface area is 146 Å². The summed E-state index contributed by atoms with van der Waals surface area (Å²) >= 11 is 1.66. The van der Waals surface area contributed by atoms with E-state index in [0.29, 0.717) is 13.1 Å². The molecule has 1 aliphatic rings. The van der Waals surface area contributed by atoms with Crippen LogP contribution in [0.15, 0.2) is 41.3 Å². The zero-order chi connectivity index (χ0) is 16.9. The van der Waals surface area contributed by atoms with Gasteiger partial charge in [-0.05, 0) is 43.5 Å². The number of anilines is 2. The number of carbonyl (C=O) groups is 1. The second-order valence-corrected chi connectivity index (χ2v) is 6.55. The highest BCUT2D eigenvalue weighted by atomic mass is 32.2. The number of urea groups is 1. The molecule has 1 aromatic carbocycles. The minimum absolute atomic E-state index is 0.0529. The van der Waals surface area contributed by atoms with Gasteiger partial charge in [0.2, 0.25) is 0 Å². The number of nitrogens with zero attached hydrogens (tertiary/aromatic N) is 4. The highest BCUT2D eigenvalue weighted by molar-refractivity contribution is 7.98. The fraction of sp³-hybridized carbons (Fsp3) is 0.353. The molecule has 6 nitrogen and oxygen atoms in total. The van der Waals surface area contributed by atoms with Gasteiger partial charge in [0.15, 0.2) is 5.82 Å². The van der Waals surface area contributed by atoms with Crippen LogP contribution in [0.25, 0.3) is 0 Å². The first-order valence-electron chi connectivity index (χ1n) is 7.91. The maximum absolute atomic E-state index is 12.4. The summed E-state index contributed by atoms with van der Waals surface area (Å²) in [5.41, 5.74) is 1.74. The fourth-order valence-electron chi connectivity index (χ4n) is 2.60. The van der Waals surface area contributed by atoms with Crippen molar-refractivity contribution >= 4 is 29.3 Å². The maximum Gasteiger partial charge on any atom is 0.321 e. The first-order chi connectivity index (χ1) is 11.7. The number of aromatic nitrogens is 2. The lowest BCUT2D eigenvalue weighted by Gasteiger charge is -2.35. The highest BCUT2D eigenvalue weighted by Crippen LogP contribution is 2.19. The van der Waals surface area contributed by atoms with E-state index in [1.54, 1.807) is 11.8 Å². The van der Waals surface area contributed by atoms with Gasteiger partial charge < -0.3 is 15.1 Å². The zero-order valence-corrected chi connectivity index (χ0v) is 14.7. The average molecular weight is 343 g/mol. The lowest BCUT2D eigenvalue weighted by atomic mass is 10.3. The van der Waals surface area contributed by atoms with E-state index >= 15 is 0 Å². The number of hydrogen-bond donors (Lipinski definition) is 1. The van der Waals surface area contributed by atoms with Crippen LogP contribution in [0.3, 0.4) is 0 Å². The van der Waals surface area contributed by atoms with Crippen LogP contribution in [0.5, 0.6) is 0 Å². The molecule has 0 aliphatic carbocycles. The molecule has 0 bridgehead atoms. The lowest BCUT2D eigenvalue weighted by Crippen LogP contribution is -2.50. The topological polar surface area (TPSA) is 61.4 Å². The second kappa shape index (κ2) is 7.53. The van der Waals surface area contributed by atoms with Crippen LogP contribution in [-0.4, -0.2) is 53.6 Å². The molecule has 3 rings (SSSR count). The second-order valence-electron chi connectivity index (χ2n) is 5.67. The van der Waals surface area contributed by atoms with E-state index in [1.807, 2.05) is 54.5 Å². The van der Waals surface area contributed by atoms with Crippen LogP contribution in [0, 0.1) is 6.92 Å². The third-order valence-electron chi connectivity index (χ3n) is 4.00. The van der Waals surface area contributed by atoms with E-state index in [1.165, 1.54) is 0 Å². The predicted octanol–water partition coefficient (Wildman–Crippen LogP) is 2.86. The highest BCUT2D eigenvalue weighted by Gasteiger charge is 2.22. The number of benzene rings is 1. The molecule has 0 atom stereocenters. The van der Waals surface area contributed by atoms with Gasteiger partial charge in [0.1, 0.15) is 0 Å². The molecule has 1 aromatic heterocycles. The summed E-state index contributed by atoms with van der Waals surface area (Å²) in [6.07, 6.45) is 2.02. The van der Waals surface area contributed by atoms with Crippen LogP contribution in [0.2, 0.25) is 0 Å². The fourth-order valence-corrected chi connectivity index (χ4v) is 3.06. The van der Waals surface area contributed by atoms with E-state index in [0.717, 1.165) is 35.2 Å². The van der Waals surface area contributed by atoms with Gasteiger partial charge in [-0.15, -0.1) is 16.9 Å². The molecule has 1 N–H and O–H groups in total. The molecular weight excluding hydrogens is 322 g/mol. The van der Waals surface area contributed by atoms with Crippen LogP contribution in [-0.2, 0) is 0 Å². The normalized spacial score (nSPS) is 14.6. The molecule has 0 radical (unpaired) electrons. The Hall–Kier alpha value is -2.28. The van der Waals surface area contributed by atoms with Gasteiger partial charge in [0, 0.05) is 36.8 Å². The van der Waals surface area contributed by atoms with E-state index < -0.39 is 0 Å². The predicted molar refractivity (Wildman–Crippen MR) is 97.8 cm³/mol. The monoisotopic (exact) mass is 343 g/mol. The maximum atomic E-state index is 12.4. The van der Waals surface area contributed by atoms with Crippen LogP contribution < -0.4 is 10.2 Å². The van der Waals surface area contributed by atoms with Crippen molar-refractivity contribution in [1.82, 2.24) is 15.1 Å². The molecule has 2 aromatic rings. The number of hydrogen-bond acceptors (Lipinski definition) is 5. The number of aryl methyl sites for hydroxylation is 1. The summed E-state index contributed by atoms with van der Waals surface area (Å²) in [4.78, 5) is 17.5. The van der Waals surface area contributed by atoms with Gasteiger partial charge in [0.05, 0.1) is 5.69 Å². The van der Waals surface area contributed by atoms with Crippen molar-refractivity contribution in [2.75, 3.05) is 42.7 Å². The Morgan fingerprint density at radius 1 is 1.12 bits per heavy atom. The summed E-state index contributed by atoms with van der Waals surface area (Å²) in [7, 11) is 0. The summed E-state index contributed by atoms with van der Waals surface area (Å²) in [6.45, 7) is 4.78. The van der Waals surface area contributed by atoms with Gasteiger partial charge >= 0.3 is 6.03 Å². The van der Waals surface area contributed by atoms with Crippen LogP contribution in [0.4, 0.5) is 16.3 Å². The molecule has 1 fully saturated rings. The summed E-state index contributed by atoms with van der Waals surface area (Å²) in [5, 5.41) is 11.3. The number of thioether (sulfide) groups is 1. The summed E-state index contributed by atoms with van der Waals surface area (Å²) in [6, 6.07) is 11.8. The first-order valence-corrected chi connectivity index (χ1v) is 9.13. The molecule has 1 aliphatic heterocycles. The third-order valence-corrected chi connectivity index (χ3v) is 4.72. The minimum atomic E-state index is -0.0529. The van der Waals surface area contributed by atoms with Crippen molar-refractivity contribution < 1.29 is 4.79 Å². The lowest BCUT2D eigenvalue weighted by molar-refractivity contribution is 0.208. The molecule has 0 saturated carbocycles. The Morgan fingerprint density at radius 2 is 1.92 bits per heavy atom. The molecule has 24 heavy (non-hydrogen) atoms. The minimum Gasteiger partial charge on any atom is -0.352 e. The molecule has 0 spiro atoms. The molecule has 2 heterocycles. The van der Waals surface area contributed by atoms with Crippen LogP contribution >= 0.6 is 11.8 Å². The van der Waals surface area contributed by atoms with Crippen molar-refractivity contribution in [1.29, 1.82) is 0 Å². The number of amides is 2. The molecule has 2 amide bonds. The van der Waals surface area contributed by atoms with Gasteiger partial charge in [-0.25, -0.2) is 4.79 Å². The van der Waals surface area contributed by atoms with Gasteiger partial charge in [-0.2, -0.15) is 5.10 Å². The van der Waals surface area contributed by atoms with Gasteiger partial charge in [0.25, 0.3) is 0 Å². The van der Waals surface area contributed by atoms with Crippen molar-refractivity contribution in [3.05, 3.63) is 42.1 Å². The number of nitrogens with one attached hydrogen (secondary N) is 1. The number of rotatable bonds is 3. The Kier molecular flexibility index (Phi) is 5.20. The molecule has 126 valence electrons. The molecule has 7 heteroatoms. The van der Waals surface area contributed by atoms with Crippen molar-refractivity contribution in [3.63, 3.8) is 0 Å². The standard InChI is InChI=1S/C17H21N5OS/c1-13-6-7-16(20-19-13)21-8-10-22(11-9-21)17(23)18-14-4-3-5-15(12-14)24-2/h3-7,12H,8-11H2,1-2H3,(H,18,23). The Bertz CT molecular complexity index is 698. The van der Waals surface area contributed by atoms with E-state index in [4.69, 9.17) is 0 Å². The SMILES string of the molecule is CSc1cccc(NC(=O)N2CCN(c3ccc(C)nn3)CC2)c1. The Morgan fingerprint density at radius 3 is 2.58 bits per heavy atom. The summed E-state index contributed by atoms with van der Waals surface area (Å²) < 4.78 is 0. The number of piperazine rings is 1. The Balaban J connectivity index is 1.55. The van der Waals surface area contributed by atoms with E-state index in [9.17, 15) is 4.79 Å². The zero-order valence-electron chi connectivity index (χ0n) is 13.9. The molecular formula is C17H21N5OS. The molecule has 1 saturated heterocycles. The van der Waals surface area contributed by atoms with Gasteiger partial charge in [-0.3, -0.25) is 0 Å². The van der Waals surface area contributed by atoms with E-state index in [2.05, 4.69) is 20.4 Å². The summed E-state index contributed by atoms with van der Waals surface area (Å²) in [5.74, 6) is 0.869. The largest absolute Gasteiger partial charge is 0.352 e. The average Bonchev–Trinajstić information content (AvgIpc) is 2.62. The van der Waals surface area contributed by atoms with Crippen molar-refractivity contribution in [3.8, 4) is 0 Å². The smallest absolute Gasteiger partial charge is 0.321 e. The van der Waals surface area contributed by atoms with E-state index in [-0.39, 0.29) is 6.03 Å². The van der Waals surface area contributed by atoms with Crippen molar-refractivity contribution in [2.24, 2.45) is 0 Å². The molecule has 0 unspecified atom stereocenters.